The molecule has 0 N–H and O–H groups in total. The predicted octanol–water partition coefficient (Wildman–Crippen LogP) is 3.33. The van der Waals surface area contributed by atoms with Crippen LogP contribution in [0.25, 0.3) is 10.6 Å². The quantitative estimate of drug-likeness (QED) is 0.816. The molecular formula is C15H21N3O2S. The molecule has 0 bridgehead atoms. The van der Waals surface area contributed by atoms with Crippen LogP contribution in [0.15, 0.2) is 6.20 Å². The summed E-state index contributed by atoms with van der Waals surface area (Å²) in [4.78, 5) is 17.2. The van der Waals surface area contributed by atoms with Gasteiger partial charge in [-0.15, -0.1) is 11.3 Å². The highest BCUT2D eigenvalue weighted by Gasteiger charge is 2.26. The fraction of sp³-hybridized carbons (Fsp3) is 0.533. The average Bonchev–Trinajstić information content (AvgIpc) is 2.92. The second-order valence-corrected chi connectivity index (χ2v) is 7.16. The number of ether oxygens (including phenoxy) is 1. The summed E-state index contributed by atoms with van der Waals surface area (Å²) in [7, 11) is 1.89. The van der Waals surface area contributed by atoms with Crippen molar-refractivity contribution < 1.29 is 9.53 Å². The Hall–Kier alpha value is -1.69. The molecule has 2 aromatic heterocycles. The summed E-state index contributed by atoms with van der Waals surface area (Å²) in [6, 6.07) is 0. The van der Waals surface area contributed by atoms with Gasteiger partial charge in [-0.05, 0) is 13.8 Å². The Bertz CT molecular complexity index is 665. The minimum Gasteiger partial charge on any atom is -0.461 e. The number of esters is 1. The average molecular weight is 307 g/mol. The summed E-state index contributed by atoms with van der Waals surface area (Å²) in [5, 5.41) is 5.36. The SMILES string of the molecule is CCOC(=O)c1nc(-c2cn(C)nc2C(C)(C)C)sc1C. The van der Waals surface area contributed by atoms with Crippen LogP contribution in [0.1, 0.15) is 48.8 Å². The van der Waals surface area contributed by atoms with E-state index >= 15 is 0 Å². The van der Waals surface area contributed by atoms with E-state index in [9.17, 15) is 4.79 Å². The van der Waals surface area contributed by atoms with Crippen molar-refractivity contribution in [1.29, 1.82) is 0 Å². The first-order valence-electron chi connectivity index (χ1n) is 6.93. The second kappa shape index (κ2) is 5.60. The number of thiazole rings is 1. The van der Waals surface area contributed by atoms with E-state index in [2.05, 4.69) is 30.9 Å². The van der Waals surface area contributed by atoms with E-state index in [1.807, 2.05) is 20.2 Å². The Kier molecular flexibility index (Phi) is 4.18. The Morgan fingerprint density at radius 1 is 1.43 bits per heavy atom. The molecular weight excluding hydrogens is 286 g/mol. The van der Waals surface area contributed by atoms with E-state index in [0.717, 1.165) is 21.1 Å². The number of rotatable bonds is 3. The van der Waals surface area contributed by atoms with Crippen molar-refractivity contribution in [2.45, 2.75) is 40.0 Å². The number of hydrogen-bond donors (Lipinski definition) is 0. The van der Waals surface area contributed by atoms with Gasteiger partial charge in [0.1, 0.15) is 5.01 Å². The van der Waals surface area contributed by atoms with Crippen molar-refractivity contribution in [1.82, 2.24) is 14.8 Å². The molecule has 21 heavy (non-hydrogen) atoms. The topological polar surface area (TPSA) is 57.0 Å². The molecule has 0 aromatic carbocycles. The summed E-state index contributed by atoms with van der Waals surface area (Å²) in [6.07, 6.45) is 1.95. The summed E-state index contributed by atoms with van der Waals surface area (Å²) in [6.45, 7) is 10.4. The molecule has 5 nitrogen and oxygen atoms in total. The highest BCUT2D eigenvalue weighted by atomic mass is 32.1. The van der Waals surface area contributed by atoms with Crippen molar-refractivity contribution >= 4 is 17.3 Å². The number of nitrogens with zero attached hydrogens (tertiary/aromatic N) is 3. The van der Waals surface area contributed by atoms with E-state index in [4.69, 9.17) is 4.74 Å². The van der Waals surface area contributed by atoms with Gasteiger partial charge >= 0.3 is 5.97 Å². The largest absolute Gasteiger partial charge is 0.461 e. The normalized spacial score (nSPS) is 11.7. The van der Waals surface area contributed by atoms with Gasteiger partial charge in [-0.25, -0.2) is 9.78 Å². The van der Waals surface area contributed by atoms with E-state index in [-0.39, 0.29) is 11.4 Å². The Morgan fingerprint density at radius 3 is 2.67 bits per heavy atom. The molecule has 0 fully saturated rings. The van der Waals surface area contributed by atoms with E-state index < -0.39 is 0 Å². The lowest BCUT2D eigenvalue weighted by atomic mass is 9.90. The molecule has 2 heterocycles. The van der Waals surface area contributed by atoms with Crippen molar-refractivity contribution in [3.63, 3.8) is 0 Å². The third-order valence-electron chi connectivity index (χ3n) is 3.03. The van der Waals surface area contributed by atoms with Crippen LogP contribution < -0.4 is 0 Å². The maximum atomic E-state index is 11.9. The van der Waals surface area contributed by atoms with Gasteiger partial charge in [-0.1, -0.05) is 20.8 Å². The first kappa shape index (κ1) is 15.7. The third kappa shape index (κ3) is 3.15. The third-order valence-corrected chi connectivity index (χ3v) is 4.04. The molecule has 6 heteroatoms. The van der Waals surface area contributed by atoms with Crippen LogP contribution in [0.4, 0.5) is 0 Å². The molecule has 0 amide bonds. The molecule has 0 spiro atoms. The van der Waals surface area contributed by atoms with E-state index in [1.54, 1.807) is 11.6 Å². The molecule has 0 atom stereocenters. The lowest BCUT2D eigenvalue weighted by Gasteiger charge is -2.16. The van der Waals surface area contributed by atoms with Crippen molar-refractivity contribution in [3.8, 4) is 10.6 Å². The smallest absolute Gasteiger partial charge is 0.358 e. The summed E-state index contributed by atoms with van der Waals surface area (Å²) in [5.41, 5.74) is 2.28. The molecule has 0 aliphatic carbocycles. The first-order valence-corrected chi connectivity index (χ1v) is 7.74. The Balaban J connectivity index is 2.49. The second-order valence-electron chi connectivity index (χ2n) is 5.96. The van der Waals surface area contributed by atoms with Crippen LogP contribution in [0.3, 0.4) is 0 Å². The number of carbonyl (C=O) groups is 1. The number of aryl methyl sites for hydroxylation is 2. The highest BCUT2D eigenvalue weighted by Crippen LogP contribution is 2.35. The molecule has 0 radical (unpaired) electrons. The van der Waals surface area contributed by atoms with Crippen LogP contribution >= 0.6 is 11.3 Å². The minimum atomic E-state index is -0.362. The molecule has 0 aliphatic rings. The maximum absolute atomic E-state index is 11.9. The minimum absolute atomic E-state index is 0.0831. The van der Waals surface area contributed by atoms with Crippen LogP contribution in [-0.4, -0.2) is 27.3 Å². The zero-order valence-electron chi connectivity index (χ0n) is 13.4. The van der Waals surface area contributed by atoms with Gasteiger partial charge in [0.15, 0.2) is 5.69 Å². The molecule has 0 saturated carbocycles. The standard InChI is InChI=1S/C15H21N3O2S/c1-7-20-14(19)11-9(2)21-13(16-11)10-8-18(6)17-12(10)15(3,4)5/h8H,7H2,1-6H3. The molecule has 0 unspecified atom stereocenters. The first-order chi connectivity index (χ1) is 9.74. The monoisotopic (exact) mass is 307 g/mol. The van der Waals surface area contributed by atoms with Gasteiger partial charge in [-0.2, -0.15) is 5.10 Å². The lowest BCUT2D eigenvalue weighted by molar-refractivity contribution is 0.0519. The van der Waals surface area contributed by atoms with Gasteiger partial charge in [0.2, 0.25) is 0 Å². The van der Waals surface area contributed by atoms with Crippen molar-refractivity contribution in [2.24, 2.45) is 7.05 Å². The van der Waals surface area contributed by atoms with Crippen LogP contribution in [0.5, 0.6) is 0 Å². The summed E-state index contributed by atoms with van der Waals surface area (Å²) in [5.74, 6) is -0.362. The number of aromatic nitrogens is 3. The van der Waals surface area contributed by atoms with Crippen molar-refractivity contribution in [3.05, 3.63) is 22.5 Å². The van der Waals surface area contributed by atoms with Crippen LogP contribution in [0, 0.1) is 6.92 Å². The van der Waals surface area contributed by atoms with Gasteiger partial charge in [0.05, 0.1) is 17.9 Å². The summed E-state index contributed by atoms with van der Waals surface area (Å²) >= 11 is 1.50. The van der Waals surface area contributed by atoms with Crippen molar-refractivity contribution in [2.75, 3.05) is 6.61 Å². The predicted molar refractivity (Wildman–Crippen MR) is 83.7 cm³/mol. The molecule has 114 valence electrons. The Labute approximate surface area is 129 Å². The summed E-state index contributed by atoms with van der Waals surface area (Å²) < 4.78 is 6.83. The lowest BCUT2D eigenvalue weighted by Crippen LogP contribution is -2.13. The zero-order valence-corrected chi connectivity index (χ0v) is 14.2. The molecule has 2 aromatic rings. The van der Waals surface area contributed by atoms with Gasteiger partial charge < -0.3 is 4.74 Å². The van der Waals surface area contributed by atoms with E-state index in [0.29, 0.717) is 12.3 Å². The van der Waals surface area contributed by atoms with Gasteiger partial charge in [0.25, 0.3) is 0 Å². The van der Waals surface area contributed by atoms with Gasteiger partial charge in [-0.3, -0.25) is 4.68 Å². The zero-order chi connectivity index (χ0) is 15.8. The molecule has 0 aliphatic heterocycles. The fourth-order valence-electron chi connectivity index (χ4n) is 2.10. The number of hydrogen-bond acceptors (Lipinski definition) is 5. The maximum Gasteiger partial charge on any atom is 0.358 e. The van der Waals surface area contributed by atoms with Crippen LogP contribution in [0.2, 0.25) is 0 Å². The highest BCUT2D eigenvalue weighted by molar-refractivity contribution is 7.15. The number of carbonyl (C=O) groups excluding carboxylic acids is 1. The fourth-order valence-corrected chi connectivity index (χ4v) is 3.01. The van der Waals surface area contributed by atoms with Crippen LogP contribution in [-0.2, 0) is 17.2 Å². The Morgan fingerprint density at radius 2 is 2.10 bits per heavy atom. The van der Waals surface area contributed by atoms with Gasteiger partial charge in [0, 0.05) is 23.5 Å². The molecule has 0 saturated heterocycles. The molecule has 2 rings (SSSR count). The van der Waals surface area contributed by atoms with E-state index in [1.165, 1.54) is 11.3 Å².